The summed E-state index contributed by atoms with van der Waals surface area (Å²) >= 11 is 0. The van der Waals surface area contributed by atoms with Gasteiger partial charge in [0, 0.05) is 25.1 Å². The van der Waals surface area contributed by atoms with Crippen molar-refractivity contribution in [3.63, 3.8) is 0 Å². The molecule has 0 atom stereocenters. The van der Waals surface area contributed by atoms with E-state index in [1.165, 1.54) is 28.3 Å². The standard InChI is InChI=1S/C18H20N.V/c1-13(2)18-15-9-5-4-8-14(15)12-19(3)17-11-7-6-10-16(17)18;/h4-11,13H,12H2,1-3H3;/q-1;. The number of para-hydroxylation sites is 1. The molecule has 0 spiro atoms. The van der Waals surface area contributed by atoms with Gasteiger partial charge in [0.25, 0.3) is 0 Å². The minimum absolute atomic E-state index is 0. The first-order valence-corrected chi connectivity index (χ1v) is 6.94. The fourth-order valence-electron chi connectivity index (χ4n) is 3.06. The number of benzene rings is 2. The molecular formula is C18H20NV-. The maximum absolute atomic E-state index is 2.35. The summed E-state index contributed by atoms with van der Waals surface area (Å²) in [5.74, 6) is 1.99. The van der Waals surface area contributed by atoms with Crippen LogP contribution in [0.1, 0.15) is 30.5 Å². The summed E-state index contributed by atoms with van der Waals surface area (Å²) in [7, 11) is 2.18. The van der Waals surface area contributed by atoms with Gasteiger partial charge in [0.05, 0.1) is 0 Å². The molecule has 2 aromatic carbocycles. The summed E-state index contributed by atoms with van der Waals surface area (Å²) < 4.78 is 0. The van der Waals surface area contributed by atoms with Crippen molar-refractivity contribution in [1.82, 2.24) is 0 Å². The Morgan fingerprint density at radius 1 is 0.950 bits per heavy atom. The van der Waals surface area contributed by atoms with Crippen LogP contribution < -0.4 is 4.90 Å². The smallest absolute Gasteiger partial charge is 0.00867 e. The monoisotopic (exact) mass is 301 g/mol. The van der Waals surface area contributed by atoms with Crippen LogP contribution in [0.4, 0.5) is 5.69 Å². The molecule has 0 aliphatic carbocycles. The van der Waals surface area contributed by atoms with Crippen molar-refractivity contribution in [2.24, 2.45) is 5.92 Å². The summed E-state index contributed by atoms with van der Waals surface area (Å²) in [6.45, 7) is 5.55. The van der Waals surface area contributed by atoms with E-state index >= 15 is 0 Å². The molecule has 0 saturated carbocycles. The van der Waals surface area contributed by atoms with Crippen LogP contribution in [0, 0.1) is 11.8 Å². The van der Waals surface area contributed by atoms with Gasteiger partial charge in [-0.15, -0.1) is 23.6 Å². The van der Waals surface area contributed by atoms with Gasteiger partial charge in [0.1, 0.15) is 0 Å². The minimum Gasteiger partial charge on any atom is -0.407 e. The zero-order chi connectivity index (χ0) is 13.4. The van der Waals surface area contributed by atoms with Crippen molar-refractivity contribution in [1.29, 1.82) is 0 Å². The Bertz CT molecular complexity index is 591. The number of nitrogens with zero attached hydrogens (tertiary/aromatic N) is 1. The molecule has 0 aromatic heterocycles. The molecule has 1 aliphatic rings. The third-order valence-electron chi connectivity index (χ3n) is 3.90. The number of hydrogen-bond donors (Lipinski definition) is 0. The fourth-order valence-corrected chi connectivity index (χ4v) is 3.06. The van der Waals surface area contributed by atoms with Gasteiger partial charge < -0.3 is 4.90 Å². The van der Waals surface area contributed by atoms with Crippen LogP contribution in [0.5, 0.6) is 0 Å². The predicted molar refractivity (Wildman–Crippen MR) is 81.3 cm³/mol. The van der Waals surface area contributed by atoms with Crippen molar-refractivity contribution in [3.05, 3.63) is 71.1 Å². The Labute approximate surface area is 133 Å². The second kappa shape index (κ2) is 5.99. The van der Waals surface area contributed by atoms with Crippen molar-refractivity contribution < 1.29 is 18.6 Å². The van der Waals surface area contributed by atoms with Crippen LogP contribution in [-0.4, -0.2) is 7.05 Å². The summed E-state index contributed by atoms with van der Waals surface area (Å²) in [6.07, 6.45) is 0. The molecule has 20 heavy (non-hydrogen) atoms. The molecule has 2 heteroatoms. The van der Waals surface area contributed by atoms with E-state index in [9.17, 15) is 0 Å². The topological polar surface area (TPSA) is 3.24 Å². The Morgan fingerprint density at radius 3 is 2.25 bits per heavy atom. The number of rotatable bonds is 1. The van der Waals surface area contributed by atoms with Crippen LogP contribution in [0.3, 0.4) is 0 Å². The summed E-state index contributed by atoms with van der Waals surface area (Å²) in [5.41, 5.74) is 5.55. The second-order valence-electron chi connectivity index (χ2n) is 5.60. The third kappa shape index (κ3) is 2.48. The third-order valence-corrected chi connectivity index (χ3v) is 3.90. The van der Waals surface area contributed by atoms with Gasteiger partial charge in [-0.1, -0.05) is 61.4 Å². The normalized spacial score (nSPS) is 13.4. The molecule has 3 rings (SSSR count). The molecular weight excluding hydrogens is 281 g/mol. The SMILES string of the molecule is CC(C)[C-]1c2ccccc2CN(C)c2ccccc21.[V]. The zero-order valence-electron chi connectivity index (χ0n) is 12.3. The van der Waals surface area contributed by atoms with Crippen LogP contribution in [0.25, 0.3) is 0 Å². The maximum Gasteiger partial charge on any atom is 0.00867 e. The van der Waals surface area contributed by atoms with Crippen LogP contribution in [-0.2, 0) is 25.1 Å². The summed E-state index contributed by atoms with van der Waals surface area (Å²) in [6, 6.07) is 17.6. The van der Waals surface area contributed by atoms with E-state index in [0.29, 0.717) is 5.92 Å². The Kier molecular flexibility index (Phi) is 4.52. The largest absolute Gasteiger partial charge is 0.407 e. The van der Waals surface area contributed by atoms with Gasteiger partial charge in [-0.3, -0.25) is 0 Å². The van der Waals surface area contributed by atoms with E-state index in [4.69, 9.17) is 0 Å². The molecule has 1 nitrogen and oxygen atoms in total. The second-order valence-corrected chi connectivity index (χ2v) is 5.60. The Balaban J connectivity index is 0.00000147. The average molecular weight is 301 g/mol. The van der Waals surface area contributed by atoms with E-state index in [2.05, 4.69) is 74.3 Å². The van der Waals surface area contributed by atoms with E-state index in [-0.39, 0.29) is 18.6 Å². The van der Waals surface area contributed by atoms with Gasteiger partial charge in [-0.05, 0) is 18.7 Å². The van der Waals surface area contributed by atoms with E-state index in [1.54, 1.807) is 0 Å². The van der Waals surface area contributed by atoms with Crippen molar-refractivity contribution >= 4 is 5.69 Å². The molecule has 2 aromatic rings. The maximum atomic E-state index is 2.35. The number of fused-ring (bicyclic) bond motifs is 2. The van der Waals surface area contributed by atoms with E-state index in [1.807, 2.05) is 0 Å². The van der Waals surface area contributed by atoms with Gasteiger partial charge in [-0.2, -0.15) is 0 Å². The first-order chi connectivity index (χ1) is 9.18. The van der Waals surface area contributed by atoms with Gasteiger partial charge in [-0.25, -0.2) is 0 Å². The van der Waals surface area contributed by atoms with Crippen molar-refractivity contribution in [2.45, 2.75) is 20.4 Å². The van der Waals surface area contributed by atoms with Crippen molar-refractivity contribution in [3.8, 4) is 0 Å². The van der Waals surface area contributed by atoms with E-state index in [0.717, 1.165) is 6.54 Å². The number of hydrogen-bond acceptors (Lipinski definition) is 1. The first-order valence-electron chi connectivity index (χ1n) is 6.94. The van der Waals surface area contributed by atoms with Gasteiger partial charge >= 0.3 is 0 Å². The molecule has 0 N–H and O–H groups in total. The quantitative estimate of drug-likeness (QED) is 0.711. The van der Waals surface area contributed by atoms with Crippen molar-refractivity contribution in [2.75, 3.05) is 11.9 Å². The number of anilines is 1. The van der Waals surface area contributed by atoms with Gasteiger partial charge in [0.15, 0.2) is 0 Å². The van der Waals surface area contributed by atoms with E-state index < -0.39 is 0 Å². The van der Waals surface area contributed by atoms with Gasteiger partial charge in [0.2, 0.25) is 0 Å². The molecule has 103 valence electrons. The molecule has 1 radical (unpaired) electrons. The summed E-state index contributed by atoms with van der Waals surface area (Å²) in [5, 5.41) is 0. The molecule has 1 heterocycles. The molecule has 0 unspecified atom stereocenters. The minimum atomic E-state index is 0. The van der Waals surface area contributed by atoms with Crippen LogP contribution in [0.2, 0.25) is 0 Å². The molecule has 0 saturated heterocycles. The molecule has 1 aliphatic heterocycles. The zero-order valence-corrected chi connectivity index (χ0v) is 13.7. The summed E-state index contributed by atoms with van der Waals surface area (Å²) in [4.78, 5) is 2.35. The fraction of sp³-hybridized carbons (Fsp3) is 0.278. The Morgan fingerprint density at radius 2 is 1.55 bits per heavy atom. The molecule has 0 amide bonds. The Hall–Kier alpha value is -1.31. The average Bonchev–Trinajstić information content (AvgIpc) is 2.53. The van der Waals surface area contributed by atoms with Crippen LogP contribution >= 0.6 is 0 Å². The molecule has 0 bridgehead atoms. The predicted octanol–water partition coefficient (Wildman–Crippen LogP) is 4.26. The first kappa shape index (κ1) is 15.1. The van der Waals surface area contributed by atoms with Crippen LogP contribution in [0.15, 0.2) is 48.5 Å². The molecule has 0 fully saturated rings.